The predicted octanol–water partition coefficient (Wildman–Crippen LogP) is 4.46. The molecular weight excluding hydrogens is 452 g/mol. The molecule has 3 aromatic rings. The zero-order chi connectivity index (χ0) is 24.2. The number of esters is 1. The largest absolute Gasteiger partial charge is 0.465 e. The lowest BCUT2D eigenvalue weighted by atomic mass is 10.0. The molecule has 1 aromatic heterocycles. The molecule has 1 saturated heterocycles. The Bertz CT molecular complexity index is 1260. The topological polar surface area (TPSA) is 87.5 Å². The van der Waals surface area contributed by atoms with Crippen LogP contribution in [0, 0.1) is 0 Å². The lowest BCUT2D eigenvalue weighted by molar-refractivity contribution is 0.0600. The van der Waals surface area contributed by atoms with Crippen LogP contribution in [0.4, 0.5) is 0 Å². The molecule has 0 radical (unpaired) electrons. The summed E-state index contributed by atoms with van der Waals surface area (Å²) in [6, 6.07) is 12.3. The molecule has 8 heteroatoms. The number of ketones is 1. The van der Waals surface area contributed by atoms with E-state index in [1.807, 2.05) is 24.3 Å². The molecule has 0 saturated carbocycles. The molecule has 4 rings (SSSR count). The standard InChI is InChI=1S/C26H28N2O5S/c1-16(2)17-6-8-18(9-7-17)23(29)15-34-26-27-22-13-19(25(31)32-3)10-11-21(22)24(30)28(26)14-20-5-4-12-33-20/h6-11,13,16,20H,4-5,12,14-15H2,1-3H3. The van der Waals surface area contributed by atoms with Crippen molar-refractivity contribution in [2.75, 3.05) is 19.5 Å². The van der Waals surface area contributed by atoms with E-state index in [0.29, 0.717) is 46.3 Å². The van der Waals surface area contributed by atoms with E-state index in [1.165, 1.54) is 24.4 Å². The third-order valence-electron chi connectivity index (χ3n) is 5.98. The zero-order valence-electron chi connectivity index (χ0n) is 19.6. The van der Waals surface area contributed by atoms with Gasteiger partial charge in [0.1, 0.15) is 0 Å². The van der Waals surface area contributed by atoms with E-state index in [4.69, 9.17) is 9.47 Å². The van der Waals surface area contributed by atoms with Crippen LogP contribution in [-0.4, -0.2) is 46.9 Å². The highest BCUT2D eigenvalue weighted by molar-refractivity contribution is 7.99. The van der Waals surface area contributed by atoms with Crippen molar-refractivity contribution in [2.24, 2.45) is 0 Å². The molecule has 34 heavy (non-hydrogen) atoms. The lowest BCUT2D eigenvalue weighted by Gasteiger charge is -2.16. The number of carbonyl (C=O) groups is 2. The van der Waals surface area contributed by atoms with Gasteiger partial charge in [-0.1, -0.05) is 49.9 Å². The fourth-order valence-corrected chi connectivity index (χ4v) is 4.88. The normalized spacial score (nSPS) is 15.7. The summed E-state index contributed by atoms with van der Waals surface area (Å²) >= 11 is 1.22. The number of nitrogens with zero attached hydrogens (tertiary/aromatic N) is 2. The molecule has 0 spiro atoms. The van der Waals surface area contributed by atoms with Crippen LogP contribution in [0.1, 0.15) is 58.9 Å². The number of thioether (sulfide) groups is 1. The lowest BCUT2D eigenvalue weighted by Crippen LogP contribution is -2.29. The highest BCUT2D eigenvalue weighted by Gasteiger charge is 2.21. The van der Waals surface area contributed by atoms with E-state index in [1.54, 1.807) is 22.8 Å². The van der Waals surface area contributed by atoms with Gasteiger partial charge in [0.2, 0.25) is 0 Å². The molecule has 2 aromatic carbocycles. The van der Waals surface area contributed by atoms with Crippen molar-refractivity contribution < 1.29 is 19.1 Å². The van der Waals surface area contributed by atoms with Crippen LogP contribution in [0.25, 0.3) is 10.9 Å². The number of rotatable bonds is 8. The van der Waals surface area contributed by atoms with Crippen molar-refractivity contribution in [3.63, 3.8) is 0 Å². The van der Waals surface area contributed by atoms with E-state index in [9.17, 15) is 14.4 Å². The molecular formula is C26H28N2O5S. The minimum atomic E-state index is -0.499. The SMILES string of the molecule is COC(=O)c1ccc2c(=O)n(CC3CCCO3)c(SCC(=O)c3ccc(C(C)C)cc3)nc2c1. The van der Waals surface area contributed by atoms with Gasteiger partial charge in [0.15, 0.2) is 10.9 Å². The van der Waals surface area contributed by atoms with Crippen LogP contribution >= 0.6 is 11.8 Å². The minimum absolute atomic E-state index is 0.0402. The first-order valence-electron chi connectivity index (χ1n) is 11.4. The number of Topliss-reactive ketones (excluding diaryl/α,β-unsaturated/α-hetero) is 1. The number of hydrogen-bond donors (Lipinski definition) is 0. The fourth-order valence-electron chi connectivity index (χ4n) is 3.98. The summed E-state index contributed by atoms with van der Waals surface area (Å²) in [5.74, 6) is -0.00758. The highest BCUT2D eigenvalue weighted by Crippen LogP contribution is 2.23. The summed E-state index contributed by atoms with van der Waals surface area (Å²) in [6.45, 7) is 5.27. The molecule has 7 nitrogen and oxygen atoms in total. The summed E-state index contributed by atoms with van der Waals surface area (Å²) < 4.78 is 12.1. The van der Waals surface area contributed by atoms with Crippen LogP contribution in [-0.2, 0) is 16.0 Å². The molecule has 0 bridgehead atoms. The zero-order valence-corrected chi connectivity index (χ0v) is 20.4. The van der Waals surface area contributed by atoms with Gasteiger partial charge in [-0.15, -0.1) is 0 Å². The van der Waals surface area contributed by atoms with E-state index < -0.39 is 5.97 Å². The monoisotopic (exact) mass is 480 g/mol. The Morgan fingerprint density at radius 2 is 1.91 bits per heavy atom. The summed E-state index contributed by atoms with van der Waals surface area (Å²) in [7, 11) is 1.31. The second kappa shape index (κ2) is 10.5. The average Bonchev–Trinajstić information content (AvgIpc) is 3.37. The van der Waals surface area contributed by atoms with Crippen molar-refractivity contribution in [2.45, 2.75) is 50.4 Å². The second-order valence-electron chi connectivity index (χ2n) is 8.66. The van der Waals surface area contributed by atoms with E-state index in [-0.39, 0.29) is 23.2 Å². The number of carbonyl (C=O) groups excluding carboxylic acids is 2. The Morgan fingerprint density at radius 1 is 1.18 bits per heavy atom. The maximum Gasteiger partial charge on any atom is 0.337 e. The molecule has 1 fully saturated rings. The number of fused-ring (bicyclic) bond motifs is 1. The van der Waals surface area contributed by atoms with Gasteiger partial charge in [0.05, 0.1) is 42.0 Å². The summed E-state index contributed by atoms with van der Waals surface area (Å²) in [5, 5.41) is 0.841. The van der Waals surface area contributed by atoms with Crippen molar-refractivity contribution >= 4 is 34.4 Å². The van der Waals surface area contributed by atoms with Crippen LogP contribution in [0.5, 0.6) is 0 Å². The van der Waals surface area contributed by atoms with Gasteiger partial charge >= 0.3 is 5.97 Å². The van der Waals surface area contributed by atoms with Crippen LogP contribution < -0.4 is 5.56 Å². The van der Waals surface area contributed by atoms with Crippen molar-refractivity contribution in [1.82, 2.24) is 9.55 Å². The second-order valence-corrected chi connectivity index (χ2v) is 9.60. The summed E-state index contributed by atoms with van der Waals surface area (Å²) in [5.41, 5.74) is 2.29. The number of ether oxygens (including phenoxy) is 2. The summed E-state index contributed by atoms with van der Waals surface area (Å²) in [6.07, 6.45) is 1.76. The Labute approximate surface area is 202 Å². The average molecular weight is 481 g/mol. The predicted molar refractivity (Wildman–Crippen MR) is 132 cm³/mol. The molecule has 0 N–H and O–H groups in total. The molecule has 0 aliphatic carbocycles. The van der Waals surface area contributed by atoms with Crippen molar-refractivity contribution in [3.05, 3.63) is 69.5 Å². The van der Waals surface area contributed by atoms with Crippen LogP contribution in [0.15, 0.2) is 52.4 Å². The fraction of sp³-hybridized carbons (Fsp3) is 0.385. The Balaban J connectivity index is 1.65. The van der Waals surface area contributed by atoms with Crippen LogP contribution in [0.3, 0.4) is 0 Å². The maximum atomic E-state index is 13.4. The molecule has 1 aliphatic rings. The van der Waals surface area contributed by atoms with Gasteiger partial charge in [-0.25, -0.2) is 9.78 Å². The third kappa shape index (κ3) is 5.23. The number of methoxy groups -OCH3 is 1. The first-order valence-corrected chi connectivity index (χ1v) is 12.4. The van der Waals surface area contributed by atoms with Crippen molar-refractivity contribution in [3.8, 4) is 0 Å². The molecule has 1 atom stereocenters. The van der Waals surface area contributed by atoms with Gasteiger partial charge in [0, 0.05) is 12.2 Å². The highest BCUT2D eigenvalue weighted by atomic mass is 32.2. The molecule has 0 amide bonds. The molecule has 1 unspecified atom stereocenters. The van der Waals surface area contributed by atoms with Crippen LogP contribution in [0.2, 0.25) is 0 Å². The van der Waals surface area contributed by atoms with Gasteiger partial charge in [-0.2, -0.15) is 0 Å². The Hall–Kier alpha value is -2.97. The molecule has 178 valence electrons. The van der Waals surface area contributed by atoms with Gasteiger partial charge in [-0.05, 0) is 42.5 Å². The first-order chi connectivity index (χ1) is 16.4. The molecule has 1 aliphatic heterocycles. The Kier molecular flexibility index (Phi) is 7.48. The van der Waals surface area contributed by atoms with Crippen molar-refractivity contribution in [1.29, 1.82) is 0 Å². The molecule has 2 heterocycles. The maximum absolute atomic E-state index is 13.4. The van der Waals surface area contributed by atoms with E-state index in [2.05, 4.69) is 18.8 Å². The minimum Gasteiger partial charge on any atom is -0.465 e. The third-order valence-corrected chi connectivity index (χ3v) is 6.96. The quantitative estimate of drug-likeness (QED) is 0.204. The Morgan fingerprint density at radius 3 is 2.56 bits per heavy atom. The first kappa shape index (κ1) is 24.2. The summed E-state index contributed by atoms with van der Waals surface area (Å²) in [4.78, 5) is 42.9. The number of hydrogen-bond acceptors (Lipinski definition) is 7. The van der Waals surface area contributed by atoms with Gasteiger partial charge in [0.25, 0.3) is 5.56 Å². The van der Waals surface area contributed by atoms with E-state index >= 15 is 0 Å². The number of benzene rings is 2. The van der Waals surface area contributed by atoms with E-state index in [0.717, 1.165) is 12.8 Å². The van der Waals surface area contributed by atoms with Gasteiger partial charge < -0.3 is 9.47 Å². The number of aromatic nitrogens is 2. The smallest absolute Gasteiger partial charge is 0.337 e. The van der Waals surface area contributed by atoms with Gasteiger partial charge in [-0.3, -0.25) is 14.2 Å².